The lowest BCUT2D eigenvalue weighted by atomic mass is 9.86. The summed E-state index contributed by atoms with van der Waals surface area (Å²) in [5.74, 6) is 0.247. The van der Waals surface area contributed by atoms with E-state index in [0.29, 0.717) is 25.3 Å². The predicted molar refractivity (Wildman–Crippen MR) is 137 cm³/mol. The molecule has 0 radical (unpaired) electrons. The first-order valence-electron chi connectivity index (χ1n) is 12.0. The van der Waals surface area contributed by atoms with Crippen LogP contribution in [0.4, 0.5) is 16.2 Å². The molecule has 5 nitrogen and oxygen atoms in total. The second kappa shape index (κ2) is 11.6. The van der Waals surface area contributed by atoms with E-state index in [9.17, 15) is 9.59 Å². The number of carbonyl (C=O) groups is 2. The van der Waals surface area contributed by atoms with E-state index in [0.717, 1.165) is 36.2 Å². The first-order valence-corrected chi connectivity index (χ1v) is 12.3. The van der Waals surface area contributed by atoms with Gasteiger partial charge in [-0.25, -0.2) is 4.79 Å². The van der Waals surface area contributed by atoms with Gasteiger partial charge in [-0.1, -0.05) is 55.7 Å². The molecule has 1 aliphatic rings. The van der Waals surface area contributed by atoms with Crippen LogP contribution in [0.5, 0.6) is 0 Å². The van der Waals surface area contributed by atoms with E-state index in [2.05, 4.69) is 17.6 Å². The maximum absolute atomic E-state index is 13.2. The summed E-state index contributed by atoms with van der Waals surface area (Å²) in [6.07, 6.45) is 5.61. The topological polar surface area (TPSA) is 61.4 Å². The summed E-state index contributed by atoms with van der Waals surface area (Å²) in [7, 11) is 0. The van der Waals surface area contributed by atoms with Gasteiger partial charge in [0.25, 0.3) is 0 Å². The monoisotopic (exact) mass is 469 g/mol. The summed E-state index contributed by atoms with van der Waals surface area (Å²) < 4.78 is 0. The molecule has 0 spiro atoms. The number of aryl methyl sites for hydroxylation is 1. The quantitative estimate of drug-likeness (QED) is 0.433. The van der Waals surface area contributed by atoms with Gasteiger partial charge in [0.15, 0.2) is 0 Å². The molecule has 2 N–H and O–H groups in total. The van der Waals surface area contributed by atoms with Crippen LogP contribution in [0, 0.1) is 12.8 Å². The zero-order valence-corrected chi connectivity index (χ0v) is 20.7. The van der Waals surface area contributed by atoms with Crippen molar-refractivity contribution in [2.45, 2.75) is 70.2 Å². The van der Waals surface area contributed by atoms with E-state index in [1.165, 1.54) is 6.42 Å². The Hall–Kier alpha value is -2.53. The number of para-hydroxylation sites is 1. The average Bonchev–Trinajstić information content (AvgIpc) is 2.80. The molecule has 1 aliphatic carbocycles. The number of alkyl halides is 1. The minimum absolute atomic E-state index is 0.0830. The van der Waals surface area contributed by atoms with E-state index in [1.807, 2.05) is 61.5 Å². The molecule has 33 heavy (non-hydrogen) atoms. The lowest BCUT2D eigenvalue weighted by molar-refractivity contribution is -0.118. The highest BCUT2D eigenvalue weighted by Crippen LogP contribution is 2.26. The van der Waals surface area contributed by atoms with Gasteiger partial charge in [-0.2, -0.15) is 0 Å². The predicted octanol–water partition coefficient (Wildman–Crippen LogP) is 6.51. The van der Waals surface area contributed by atoms with Crippen LogP contribution < -0.4 is 15.5 Å². The van der Waals surface area contributed by atoms with Crippen molar-refractivity contribution in [3.63, 3.8) is 0 Å². The van der Waals surface area contributed by atoms with Crippen LogP contribution in [0.1, 0.15) is 57.9 Å². The molecule has 1 fully saturated rings. The van der Waals surface area contributed by atoms with Gasteiger partial charge in [-0.3, -0.25) is 9.69 Å². The number of nitrogens with one attached hydrogen (secondary N) is 2. The summed E-state index contributed by atoms with van der Waals surface area (Å²) >= 11 is 6.62. The van der Waals surface area contributed by atoms with Crippen molar-refractivity contribution in [3.8, 4) is 0 Å². The molecule has 0 saturated heterocycles. The molecule has 0 bridgehead atoms. The molecule has 178 valence electrons. The molecule has 0 aliphatic heterocycles. The van der Waals surface area contributed by atoms with Gasteiger partial charge >= 0.3 is 6.03 Å². The van der Waals surface area contributed by atoms with Crippen LogP contribution >= 0.6 is 11.6 Å². The van der Waals surface area contributed by atoms with Crippen molar-refractivity contribution in [2.24, 2.45) is 5.92 Å². The van der Waals surface area contributed by atoms with E-state index in [1.54, 1.807) is 11.8 Å². The van der Waals surface area contributed by atoms with Gasteiger partial charge in [0.05, 0.1) is 0 Å². The van der Waals surface area contributed by atoms with Crippen LogP contribution in [0.3, 0.4) is 0 Å². The van der Waals surface area contributed by atoms with Gasteiger partial charge in [0.1, 0.15) is 4.87 Å². The first-order chi connectivity index (χ1) is 15.8. The van der Waals surface area contributed by atoms with Crippen LogP contribution in [0.15, 0.2) is 54.6 Å². The summed E-state index contributed by atoms with van der Waals surface area (Å²) in [6.45, 7) is 6.43. The third-order valence-corrected chi connectivity index (χ3v) is 6.90. The van der Waals surface area contributed by atoms with Crippen molar-refractivity contribution in [1.29, 1.82) is 0 Å². The molecule has 1 saturated carbocycles. The molecule has 3 amide bonds. The van der Waals surface area contributed by atoms with E-state index in [4.69, 9.17) is 11.6 Å². The Balaban J connectivity index is 1.60. The summed E-state index contributed by atoms with van der Waals surface area (Å²) in [4.78, 5) is 26.7. The summed E-state index contributed by atoms with van der Waals surface area (Å²) in [6, 6.07) is 17.4. The zero-order valence-electron chi connectivity index (χ0n) is 19.9. The normalized spacial score (nSPS) is 19.9. The lowest BCUT2D eigenvalue weighted by Crippen LogP contribution is -2.48. The third kappa shape index (κ3) is 7.23. The van der Waals surface area contributed by atoms with E-state index < -0.39 is 4.87 Å². The smallest absolute Gasteiger partial charge is 0.322 e. The maximum atomic E-state index is 13.2. The molecule has 3 atom stereocenters. The zero-order chi connectivity index (χ0) is 23.8. The van der Waals surface area contributed by atoms with Gasteiger partial charge in [0, 0.05) is 24.0 Å². The van der Waals surface area contributed by atoms with E-state index >= 15 is 0 Å². The molecule has 6 heteroatoms. The molecular weight excluding hydrogens is 434 g/mol. The average molecular weight is 470 g/mol. The minimum atomic E-state index is -1.07. The van der Waals surface area contributed by atoms with Crippen LogP contribution in [0.2, 0.25) is 0 Å². The van der Waals surface area contributed by atoms with E-state index in [-0.39, 0.29) is 18.0 Å². The Morgan fingerprint density at radius 2 is 1.73 bits per heavy atom. The number of hydrogen-bond donors (Lipinski definition) is 2. The number of hydrogen-bond acceptors (Lipinski definition) is 2. The first kappa shape index (κ1) is 25.1. The van der Waals surface area contributed by atoms with Gasteiger partial charge in [-0.05, 0) is 69.7 Å². The Bertz CT molecular complexity index is 915. The van der Waals surface area contributed by atoms with Crippen LogP contribution in [-0.4, -0.2) is 29.4 Å². The number of nitrogens with zero attached hydrogens (tertiary/aromatic N) is 1. The second-order valence-electron chi connectivity index (χ2n) is 9.43. The van der Waals surface area contributed by atoms with Crippen molar-refractivity contribution in [2.75, 3.05) is 16.8 Å². The van der Waals surface area contributed by atoms with Crippen molar-refractivity contribution in [1.82, 2.24) is 5.32 Å². The lowest BCUT2D eigenvalue weighted by Gasteiger charge is -2.32. The molecular formula is C27H36ClN3O2. The van der Waals surface area contributed by atoms with Gasteiger partial charge in [-0.15, -0.1) is 11.6 Å². The van der Waals surface area contributed by atoms with Crippen molar-refractivity contribution >= 4 is 34.9 Å². The number of benzene rings is 2. The maximum Gasteiger partial charge on any atom is 0.322 e. The highest BCUT2D eigenvalue weighted by molar-refractivity contribution is 6.36. The number of anilines is 2. The summed E-state index contributed by atoms with van der Waals surface area (Å²) in [5.41, 5.74) is 2.70. The molecule has 2 aromatic rings. The number of carbonyl (C=O) groups excluding carboxylic acids is 2. The molecule has 2 aromatic carbocycles. The third-order valence-electron chi connectivity index (χ3n) is 6.54. The Kier molecular flexibility index (Phi) is 8.79. The minimum Gasteiger partial charge on any atom is -0.335 e. The standard InChI is InChI=1S/C27H36ClN3O2/c1-20-14-16-22(17-15-20)29-25(32)27(3,28)18-9-19-31(23-11-5-4-6-12-23)26(33)30-24-13-8-7-10-21(24)2/h4-6,11-12,14-17,21,24H,7-10,13,18-19H2,1-3H3,(H,29,32)(H,30,33). The van der Waals surface area contributed by atoms with Crippen molar-refractivity contribution in [3.05, 3.63) is 60.2 Å². The number of amides is 3. The Labute approximate surface area is 202 Å². The van der Waals surface area contributed by atoms with Crippen LogP contribution in [0.25, 0.3) is 0 Å². The van der Waals surface area contributed by atoms with Crippen LogP contribution in [-0.2, 0) is 4.79 Å². The second-order valence-corrected chi connectivity index (χ2v) is 10.3. The fourth-order valence-corrected chi connectivity index (χ4v) is 4.48. The SMILES string of the molecule is Cc1ccc(NC(=O)C(C)(Cl)CCCN(C(=O)NC2CCCCC2C)c2ccccc2)cc1. The molecule has 3 rings (SSSR count). The molecule has 0 aromatic heterocycles. The summed E-state index contributed by atoms with van der Waals surface area (Å²) in [5, 5.41) is 6.15. The largest absolute Gasteiger partial charge is 0.335 e. The Morgan fingerprint density at radius 1 is 1.06 bits per heavy atom. The van der Waals surface area contributed by atoms with Gasteiger partial charge < -0.3 is 10.6 Å². The highest BCUT2D eigenvalue weighted by Gasteiger charge is 2.31. The Morgan fingerprint density at radius 3 is 2.39 bits per heavy atom. The fraction of sp³-hybridized carbons (Fsp3) is 0.481. The number of rotatable bonds is 8. The van der Waals surface area contributed by atoms with Gasteiger partial charge in [0.2, 0.25) is 5.91 Å². The molecule has 3 unspecified atom stereocenters. The molecule has 0 heterocycles. The highest BCUT2D eigenvalue weighted by atomic mass is 35.5. The fourth-order valence-electron chi connectivity index (χ4n) is 4.30. The van der Waals surface area contributed by atoms with Crippen molar-refractivity contribution < 1.29 is 9.59 Å². The number of halogens is 1. The number of urea groups is 1.